The minimum Gasteiger partial charge on any atom is -0.310 e. The van der Waals surface area contributed by atoms with Crippen molar-refractivity contribution in [3.05, 3.63) is 194 Å². The summed E-state index contributed by atoms with van der Waals surface area (Å²) >= 11 is 1.86. The maximum absolute atomic E-state index is 2.43. The van der Waals surface area contributed by atoms with Gasteiger partial charge in [-0.05, 0) is 105 Å². The molecule has 9 aromatic carbocycles. The molecular formula is C50H32N2S. The van der Waals surface area contributed by atoms with Crippen molar-refractivity contribution in [2.75, 3.05) is 4.90 Å². The lowest BCUT2D eigenvalue weighted by Gasteiger charge is -2.27. The molecule has 0 radical (unpaired) electrons. The van der Waals surface area contributed by atoms with Crippen molar-refractivity contribution >= 4 is 91.9 Å². The summed E-state index contributed by atoms with van der Waals surface area (Å²) in [7, 11) is 0. The number of aromatic nitrogens is 1. The maximum atomic E-state index is 2.43. The number of fused-ring (bicyclic) bond motifs is 8. The molecule has 2 nitrogen and oxygen atoms in total. The topological polar surface area (TPSA) is 8.17 Å². The van der Waals surface area contributed by atoms with Gasteiger partial charge in [0, 0.05) is 48.0 Å². The van der Waals surface area contributed by atoms with Gasteiger partial charge in [-0.25, -0.2) is 0 Å². The Morgan fingerprint density at radius 1 is 0.396 bits per heavy atom. The molecule has 11 aromatic rings. The standard InChI is InChI=1S/C50H32N2S/c1-2-13-36-32-47-44(31-35(36)12-1)42-16-5-7-19-45(42)52(47)39-29-27-38(28-30-39)51(46-20-10-22-49-50(46)43-17-6-8-21-48(43)53-49)37-25-23-34(24-26-37)41-18-9-14-33-11-3-4-15-40(33)41/h1-32H. The third kappa shape index (κ3) is 4.78. The Morgan fingerprint density at radius 3 is 1.81 bits per heavy atom. The van der Waals surface area contributed by atoms with E-state index in [0.717, 1.165) is 17.1 Å². The normalized spacial score (nSPS) is 11.8. The van der Waals surface area contributed by atoms with E-state index in [1.54, 1.807) is 0 Å². The van der Waals surface area contributed by atoms with E-state index in [-0.39, 0.29) is 0 Å². The molecule has 0 saturated carbocycles. The number of hydrogen-bond acceptors (Lipinski definition) is 2. The Labute approximate surface area is 311 Å². The number of anilines is 3. The first-order valence-corrected chi connectivity index (χ1v) is 18.9. The average molecular weight is 693 g/mol. The van der Waals surface area contributed by atoms with Gasteiger partial charge < -0.3 is 9.47 Å². The number of hydrogen-bond donors (Lipinski definition) is 0. The number of nitrogens with zero attached hydrogens (tertiary/aromatic N) is 2. The number of para-hydroxylation sites is 1. The smallest absolute Gasteiger partial charge is 0.0554 e. The Morgan fingerprint density at radius 2 is 1.00 bits per heavy atom. The van der Waals surface area contributed by atoms with Gasteiger partial charge in [-0.1, -0.05) is 121 Å². The van der Waals surface area contributed by atoms with Crippen LogP contribution in [0.15, 0.2) is 194 Å². The highest BCUT2D eigenvalue weighted by Gasteiger charge is 2.20. The Bertz CT molecular complexity index is 3160. The molecule has 0 saturated heterocycles. The zero-order valence-electron chi connectivity index (χ0n) is 28.8. The minimum absolute atomic E-state index is 1.11. The van der Waals surface area contributed by atoms with E-state index in [4.69, 9.17) is 0 Å². The first-order chi connectivity index (χ1) is 26.3. The monoisotopic (exact) mass is 692 g/mol. The van der Waals surface area contributed by atoms with Crippen molar-refractivity contribution in [1.29, 1.82) is 0 Å². The number of thiophene rings is 1. The van der Waals surface area contributed by atoms with Gasteiger partial charge in [0.2, 0.25) is 0 Å². The SMILES string of the molecule is c1ccc2cc3c(cc2c1)c1ccccc1n3-c1ccc(N(c2ccc(-c3cccc4ccccc34)cc2)c2cccc3sc4ccccc4c23)cc1. The second-order valence-corrected chi connectivity index (χ2v) is 14.8. The average Bonchev–Trinajstić information content (AvgIpc) is 3.76. The third-order valence-electron chi connectivity index (χ3n) is 10.8. The molecular weight excluding hydrogens is 661 g/mol. The fourth-order valence-corrected chi connectivity index (χ4v) is 9.45. The molecule has 0 unspecified atom stereocenters. The van der Waals surface area contributed by atoms with Gasteiger partial charge in [0.15, 0.2) is 0 Å². The van der Waals surface area contributed by atoms with Crippen molar-refractivity contribution < 1.29 is 0 Å². The predicted octanol–water partition coefficient (Wildman–Crippen LogP) is 14.6. The summed E-state index contributed by atoms with van der Waals surface area (Å²) in [4.78, 5) is 2.43. The van der Waals surface area contributed by atoms with Crippen LogP contribution < -0.4 is 4.90 Å². The van der Waals surface area contributed by atoms with Crippen LogP contribution in [0.2, 0.25) is 0 Å². The van der Waals surface area contributed by atoms with Gasteiger partial charge in [0.25, 0.3) is 0 Å². The van der Waals surface area contributed by atoms with Crippen molar-refractivity contribution in [2.45, 2.75) is 0 Å². The summed E-state index contributed by atoms with van der Waals surface area (Å²) in [6.07, 6.45) is 0. The van der Waals surface area contributed by atoms with Gasteiger partial charge in [0.1, 0.15) is 0 Å². The summed E-state index contributed by atoms with van der Waals surface area (Å²) in [5, 5.41) is 10.1. The van der Waals surface area contributed by atoms with Crippen LogP contribution in [0, 0.1) is 0 Å². The van der Waals surface area contributed by atoms with Crippen LogP contribution in [0.4, 0.5) is 17.1 Å². The number of rotatable bonds is 5. The molecule has 0 N–H and O–H groups in total. The molecule has 2 heterocycles. The molecule has 11 rings (SSSR count). The molecule has 248 valence electrons. The molecule has 0 aliphatic rings. The Kier molecular flexibility index (Phi) is 6.76. The maximum Gasteiger partial charge on any atom is 0.0554 e. The van der Waals surface area contributed by atoms with Crippen molar-refractivity contribution in [2.24, 2.45) is 0 Å². The highest BCUT2D eigenvalue weighted by molar-refractivity contribution is 7.26. The van der Waals surface area contributed by atoms with Crippen molar-refractivity contribution in [3.8, 4) is 16.8 Å². The van der Waals surface area contributed by atoms with E-state index in [1.807, 2.05) is 11.3 Å². The van der Waals surface area contributed by atoms with E-state index in [2.05, 4.69) is 204 Å². The van der Waals surface area contributed by atoms with Gasteiger partial charge in [-0.2, -0.15) is 0 Å². The molecule has 0 bridgehead atoms. The van der Waals surface area contributed by atoms with E-state index < -0.39 is 0 Å². The van der Waals surface area contributed by atoms with Gasteiger partial charge in [-0.15, -0.1) is 11.3 Å². The summed E-state index contributed by atoms with van der Waals surface area (Å²) in [6.45, 7) is 0. The van der Waals surface area contributed by atoms with Crippen LogP contribution in [0.3, 0.4) is 0 Å². The second-order valence-electron chi connectivity index (χ2n) is 13.7. The quantitative estimate of drug-likeness (QED) is 0.174. The predicted molar refractivity (Wildman–Crippen MR) is 229 cm³/mol. The van der Waals surface area contributed by atoms with E-state index in [9.17, 15) is 0 Å². The van der Waals surface area contributed by atoms with E-state index >= 15 is 0 Å². The van der Waals surface area contributed by atoms with Crippen molar-refractivity contribution in [1.82, 2.24) is 4.57 Å². The molecule has 0 atom stereocenters. The van der Waals surface area contributed by atoms with Crippen molar-refractivity contribution in [3.63, 3.8) is 0 Å². The summed E-state index contributed by atoms with van der Waals surface area (Å²) in [5.41, 5.74) is 9.42. The van der Waals surface area contributed by atoms with Crippen LogP contribution in [-0.2, 0) is 0 Å². The van der Waals surface area contributed by atoms with Crippen LogP contribution in [0.25, 0.3) is 80.3 Å². The van der Waals surface area contributed by atoms with Crippen LogP contribution >= 0.6 is 11.3 Å². The first-order valence-electron chi connectivity index (χ1n) is 18.1. The molecule has 2 aromatic heterocycles. The van der Waals surface area contributed by atoms with Crippen LogP contribution in [-0.4, -0.2) is 4.57 Å². The van der Waals surface area contributed by atoms with Gasteiger partial charge in [-0.3, -0.25) is 0 Å². The second kappa shape index (κ2) is 11.9. The van der Waals surface area contributed by atoms with Crippen LogP contribution in [0.5, 0.6) is 0 Å². The molecule has 0 amide bonds. The van der Waals surface area contributed by atoms with Gasteiger partial charge in [0.05, 0.1) is 16.7 Å². The van der Waals surface area contributed by atoms with Crippen LogP contribution in [0.1, 0.15) is 0 Å². The molecule has 0 fully saturated rings. The molecule has 0 spiro atoms. The fraction of sp³-hybridized carbons (Fsp3) is 0. The fourth-order valence-electron chi connectivity index (χ4n) is 8.32. The first kappa shape index (κ1) is 30.0. The van der Waals surface area contributed by atoms with E-state index in [1.165, 1.54) is 80.3 Å². The summed E-state index contributed by atoms with van der Waals surface area (Å²) in [6, 6.07) is 71.0. The van der Waals surface area contributed by atoms with E-state index in [0.29, 0.717) is 0 Å². The summed E-state index contributed by atoms with van der Waals surface area (Å²) < 4.78 is 5.00. The Hall–Kier alpha value is -6.68. The lowest BCUT2D eigenvalue weighted by Crippen LogP contribution is -2.10. The third-order valence-corrected chi connectivity index (χ3v) is 11.9. The largest absolute Gasteiger partial charge is 0.310 e. The molecule has 53 heavy (non-hydrogen) atoms. The molecule has 0 aliphatic heterocycles. The number of benzene rings is 9. The lowest BCUT2D eigenvalue weighted by molar-refractivity contribution is 1.18. The Balaban J connectivity index is 1.09. The van der Waals surface area contributed by atoms with Gasteiger partial charge >= 0.3 is 0 Å². The zero-order chi connectivity index (χ0) is 34.9. The molecule has 3 heteroatoms. The minimum atomic E-state index is 1.11. The highest BCUT2D eigenvalue weighted by atomic mass is 32.1. The molecule has 0 aliphatic carbocycles. The zero-order valence-corrected chi connectivity index (χ0v) is 29.6. The lowest BCUT2D eigenvalue weighted by atomic mass is 9.98. The highest BCUT2D eigenvalue weighted by Crippen LogP contribution is 2.45. The summed E-state index contributed by atoms with van der Waals surface area (Å²) in [5.74, 6) is 0.